The summed E-state index contributed by atoms with van der Waals surface area (Å²) >= 11 is 0. The van der Waals surface area contributed by atoms with Gasteiger partial charge in [0.05, 0.1) is 17.4 Å². The van der Waals surface area contributed by atoms with E-state index in [1.165, 1.54) is 22.3 Å². The summed E-state index contributed by atoms with van der Waals surface area (Å²) < 4.78 is 0. The third-order valence-corrected chi connectivity index (χ3v) is 6.66. The minimum absolute atomic E-state index is 0.112. The Morgan fingerprint density at radius 3 is 2.03 bits per heavy atom. The number of benzene rings is 4. The summed E-state index contributed by atoms with van der Waals surface area (Å²) in [6, 6.07) is 38.7. The third kappa shape index (κ3) is 4.34. The predicted molar refractivity (Wildman–Crippen MR) is 143 cm³/mol. The van der Waals surface area contributed by atoms with Crippen LogP contribution < -0.4 is 10.3 Å². The first-order chi connectivity index (χ1) is 16.5. The molecule has 1 heterocycles. The molecule has 0 aliphatic carbocycles. The number of rotatable bonds is 6. The molecule has 0 spiro atoms. The summed E-state index contributed by atoms with van der Waals surface area (Å²) in [5, 5.41) is 10.9. The van der Waals surface area contributed by atoms with Crippen LogP contribution in [0.2, 0.25) is 0 Å². The van der Waals surface area contributed by atoms with Crippen LogP contribution in [0.4, 0.5) is 11.4 Å². The molecule has 0 bridgehead atoms. The zero-order valence-corrected chi connectivity index (χ0v) is 20.1. The Balaban J connectivity index is 1.44. The van der Waals surface area contributed by atoms with Gasteiger partial charge in [0.2, 0.25) is 0 Å². The van der Waals surface area contributed by atoms with Crippen LogP contribution >= 0.6 is 0 Å². The molecule has 0 aromatic heterocycles. The van der Waals surface area contributed by atoms with Crippen LogP contribution in [0.25, 0.3) is 0 Å². The number of nitrogens with one attached hydrogen (secondary N) is 1. The molecule has 0 saturated heterocycles. The Labute approximate surface area is 202 Å². The highest BCUT2D eigenvalue weighted by Crippen LogP contribution is 2.48. The van der Waals surface area contributed by atoms with Gasteiger partial charge in [0.15, 0.2) is 0 Å². The Morgan fingerprint density at radius 2 is 1.38 bits per heavy atom. The summed E-state index contributed by atoms with van der Waals surface area (Å²) in [4.78, 5) is 0. The van der Waals surface area contributed by atoms with Gasteiger partial charge in [-0.3, -0.25) is 5.01 Å². The molecule has 1 unspecified atom stereocenters. The molecular weight excluding hydrogens is 414 g/mol. The molecule has 1 atom stereocenters. The fourth-order valence-electron chi connectivity index (χ4n) is 4.80. The van der Waals surface area contributed by atoms with Gasteiger partial charge in [-0.25, -0.2) is 0 Å². The van der Waals surface area contributed by atoms with Gasteiger partial charge in [-0.15, -0.1) is 0 Å². The molecule has 34 heavy (non-hydrogen) atoms. The Hall–Kier alpha value is -3.85. The summed E-state index contributed by atoms with van der Waals surface area (Å²) in [6.45, 7) is 7.50. The van der Waals surface area contributed by atoms with Crippen LogP contribution in [-0.2, 0) is 6.54 Å². The van der Waals surface area contributed by atoms with Crippen LogP contribution in [0.15, 0.2) is 114 Å². The zero-order valence-electron chi connectivity index (χ0n) is 20.1. The van der Waals surface area contributed by atoms with E-state index < -0.39 is 0 Å². The Bertz CT molecular complexity index is 1260. The third-order valence-electron chi connectivity index (χ3n) is 6.66. The highest BCUT2D eigenvalue weighted by atomic mass is 15.5. The highest BCUT2D eigenvalue weighted by Gasteiger charge is 2.45. The second-order valence-electron chi connectivity index (χ2n) is 9.58. The molecular formula is C31H31N3. The first-order valence-electron chi connectivity index (χ1n) is 11.9. The summed E-state index contributed by atoms with van der Waals surface area (Å²) in [5.74, 6) is 0. The van der Waals surface area contributed by atoms with E-state index in [4.69, 9.17) is 5.10 Å². The van der Waals surface area contributed by atoms with E-state index in [1.807, 2.05) is 0 Å². The van der Waals surface area contributed by atoms with Crippen molar-refractivity contribution in [1.29, 1.82) is 0 Å². The molecule has 170 valence electrons. The normalized spacial score (nSPS) is 16.9. The van der Waals surface area contributed by atoms with Crippen LogP contribution in [0.3, 0.4) is 0 Å². The van der Waals surface area contributed by atoms with E-state index >= 15 is 0 Å². The van der Waals surface area contributed by atoms with Gasteiger partial charge in [-0.1, -0.05) is 104 Å². The molecule has 1 N–H and O–H groups in total. The lowest BCUT2D eigenvalue weighted by molar-refractivity contribution is 0.425. The lowest BCUT2D eigenvalue weighted by Crippen LogP contribution is -2.32. The van der Waals surface area contributed by atoms with Crippen molar-refractivity contribution in [2.45, 2.75) is 33.4 Å². The van der Waals surface area contributed by atoms with Crippen molar-refractivity contribution in [3.63, 3.8) is 0 Å². The first kappa shape index (κ1) is 22.0. The standard InChI is InChI=1S/C31H31N3/c1-23-14-18-27(19-15-23)32-22-24-16-20-28(21-17-24)34-30(26-12-8-5-9-13-26)31(2,3)29(33-34)25-10-6-4-7-11-25/h4-21,30,32H,22H2,1-3H3. The molecule has 3 heteroatoms. The molecule has 1 aliphatic rings. The largest absolute Gasteiger partial charge is 0.381 e. The van der Waals surface area contributed by atoms with Crippen molar-refractivity contribution < 1.29 is 0 Å². The topological polar surface area (TPSA) is 27.6 Å². The summed E-state index contributed by atoms with van der Waals surface area (Å²) in [6.07, 6.45) is 0. The van der Waals surface area contributed by atoms with Crippen molar-refractivity contribution in [2.24, 2.45) is 10.5 Å². The summed E-state index contributed by atoms with van der Waals surface area (Å²) in [5.41, 5.74) is 8.16. The van der Waals surface area contributed by atoms with E-state index in [2.05, 4.69) is 140 Å². The first-order valence-corrected chi connectivity index (χ1v) is 11.9. The number of hydrogen-bond acceptors (Lipinski definition) is 3. The van der Waals surface area contributed by atoms with Crippen molar-refractivity contribution in [3.8, 4) is 0 Å². The number of hydrogen-bond donors (Lipinski definition) is 1. The molecule has 0 saturated carbocycles. The summed E-state index contributed by atoms with van der Waals surface area (Å²) in [7, 11) is 0. The number of hydrazone groups is 1. The smallest absolute Gasteiger partial charge is 0.0882 e. The monoisotopic (exact) mass is 445 g/mol. The van der Waals surface area contributed by atoms with Gasteiger partial charge in [-0.2, -0.15) is 5.10 Å². The second kappa shape index (κ2) is 9.18. The average molecular weight is 446 g/mol. The van der Waals surface area contributed by atoms with Crippen LogP contribution in [0, 0.1) is 12.3 Å². The van der Waals surface area contributed by atoms with Crippen molar-refractivity contribution >= 4 is 17.1 Å². The molecule has 4 aromatic carbocycles. The Morgan fingerprint density at radius 1 is 0.765 bits per heavy atom. The van der Waals surface area contributed by atoms with Crippen molar-refractivity contribution in [2.75, 3.05) is 10.3 Å². The Kier molecular flexibility index (Phi) is 5.93. The number of anilines is 2. The quantitative estimate of drug-likeness (QED) is 0.331. The lowest BCUT2D eigenvalue weighted by Gasteiger charge is -2.33. The van der Waals surface area contributed by atoms with Crippen molar-refractivity contribution in [1.82, 2.24) is 0 Å². The number of aryl methyl sites for hydroxylation is 1. The minimum atomic E-state index is -0.158. The maximum Gasteiger partial charge on any atom is 0.0882 e. The molecule has 0 radical (unpaired) electrons. The van der Waals surface area contributed by atoms with Gasteiger partial charge in [0, 0.05) is 17.6 Å². The second-order valence-corrected chi connectivity index (χ2v) is 9.58. The maximum atomic E-state index is 5.20. The van der Waals surface area contributed by atoms with Crippen LogP contribution in [0.1, 0.15) is 42.1 Å². The maximum absolute atomic E-state index is 5.20. The van der Waals surface area contributed by atoms with Crippen molar-refractivity contribution in [3.05, 3.63) is 131 Å². The SMILES string of the molecule is Cc1ccc(NCc2ccc(N3N=C(c4ccccc4)C(C)(C)C3c3ccccc3)cc2)cc1. The van der Waals surface area contributed by atoms with Gasteiger partial charge in [-0.05, 0) is 47.9 Å². The zero-order chi connectivity index (χ0) is 23.5. The van der Waals surface area contributed by atoms with E-state index in [-0.39, 0.29) is 11.5 Å². The molecule has 5 rings (SSSR count). The van der Waals surface area contributed by atoms with E-state index in [1.54, 1.807) is 0 Å². The van der Waals surface area contributed by atoms with Gasteiger partial charge in [0.25, 0.3) is 0 Å². The van der Waals surface area contributed by atoms with Crippen LogP contribution in [-0.4, -0.2) is 5.71 Å². The number of nitrogens with zero attached hydrogens (tertiary/aromatic N) is 2. The lowest BCUT2D eigenvalue weighted by atomic mass is 9.75. The van der Waals surface area contributed by atoms with Gasteiger partial charge >= 0.3 is 0 Å². The predicted octanol–water partition coefficient (Wildman–Crippen LogP) is 7.60. The molecule has 3 nitrogen and oxygen atoms in total. The van der Waals surface area contributed by atoms with E-state index in [0.717, 1.165) is 23.6 Å². The minimum Gasteiger partial charge on any atom is -0.381 e. The van der Waals surface area contributed by atoms with Gasteiger partial charge < -0.3 is 5.32 Å². The van der Waals surface area contributed by atoms with Crippen LogP contribution in [0.5, 0.6) is 0 Å². The van der Waals surface area contributed by atoms with Gasteiger partial charge in [0.1, 0.15) is 0 Å². The molecule has 4 aromatic rings. The highest BCUT2D eigenvalue weighted by molar-refractivity contribution is 6.07. The fraction of sp³-hybridized carbons (Fsp3) is 0.194. The van der Waals surface area contributed by atoms with E-state index in [0.29, 0.717) is 0 Å². The molecule has 0 amide bonds. The average Bonchev–Trinajstić information content (AvgIpc) is 3.16. The molecule has 0 fully saturated rings. The molecule has 1 aliphatic heterocycles. The van der Waals surface area contributed by atoms with E-state index in [9.17, 15) is 0 Å². The fourth-order valence-corrected chi connectivity index (χ4v) is 4.80.